The van der Waals surface area contributed by atoms with Gasteiger partial charge in [-0.1, -0.05) is 18.2 Å². The number of aromatic nitrogens is 1. The molecular formula is C15H12N2O. The molecule has 18 heavy (non-hydrogen) atoms. The maximum atomic E-state index is 10.1. The van der Waals surface area contributed by atoms with Crippen LogP contribution >= 0.6 is 0 Å². The maximum Gasteiger partial charge on any atom is 0.134 e. The molecule has 0 radical (unpaired) electrons. The van der Waals surface area contributed by atoms with Crippen molar-refractivity contribution in [3.05, 3.63) is 42.0 Å². The minimum Gasteiger partial charge on any atom is -0.508 e. The van der Waals surface area contributed by atoms with Crippen LogP contribution in [0.15, 0.2) is 36.4 Å². The van der Waals surface area contributed by atoms with E-state index in [0.717, 1.165) is 46.0 Å². The molecule has 0 spiro atoms. The number of nitrogens with one attached hydrogen (secondary N) is 1. The van der Waals surface area contributed by atoms with E-state index >= 15 is 0 Å². The van der Waals surface area contributed by atoms with Gasteiger partial charge in [0, 0.05) is 28.3 Å². The Morgan fingerprint density at radius 3 is 2.89 bits per heavy atom. The summed E-state index contributed by atoms with van der Waals surface area (Å²) in [5.74, 6) is 1.30. The third kappa shape index (κ3) is 1.16. The topological polar surface area (TPSA) is 45.2 Å². The summed E-state index contributed by atoms with van der Waals surface area (Å²) in [4.78, 5) is 4.66. The number of fused-ring (bicyclic) bond motifs is 1. The molecule has 4 bridgehead atoms. The maximum absolute atomic E-state index is 10.1. The highest BCUT2D eigenvalue weighted by Gasteiger charge is 2.17. The number of benzene rings is 2. The van der Waals surface area contributed by atoms with Crippen LogP contribution in [0, 0.1) is 0 Å². The number of phenolic OH excluding ortho intramolecular Hbond substituents is 1. The highest BCUT2D eigenvalue weighted by molar-refractivity contribution is 6.12. The fraction of sp³-hybridized carbons (Fsp3) is 0.133. The van der Waals surface area contributed by atoms with E-state index in [-0.39, 0.29) is 0 Å². The first-order chi connectivity index (χ1) is 8.84. The van der Waals surface area contributed by atoms with Gasteiger partial charge in [-0.05, 0) is 24.6 Å². The van der Waals surface area contributed by atoms with E-state index in [1.165, 1.54) is 0 Å². The molecule has 1 aliphatic heterocycles. The van der Waals surface area contributed by atoms with Gasteiger partial charge >= 0.3 is 0 Å². The Labute approximate surface area is 104 Å². The van der Waals surface area contributed by atoms with Crippen LogP contribution in [0.1, 0.15) is 5.56 Å². The molecule has 3 heteroatoms. The molecule has 1 aromatic heterocycles. The van der Waals surface area contributed by atoms with Crippen molar-refractivity contribution in [2.45, 2.75) is 6.42 Å². The van der Waals surface area contributed by atoms with Gasteiger partial charge in [0.15, 0.2) is 0 Å². The van der Waals surface area contributed by atoms with Crippen molar-refractivity contribution in [1.29, 1.82) is 0 Å². The number of rotatable bonds is 0. The molecule has 3 nitrogen and oxygen atoms in total. The highest BCUT2D eigenvalue weighted by atomic mass is 16.3. The van der Waals surface area contributed by atoms with Gasteiger partial charge in [-0.15, -0.1) is 0 Å². The molecule has 0 unspecified atom stereocenters. The van der Waals surface area contributed by atoms with Crippen LogP contribution in [0.5, 0.6) is 5.75 Å². The number of aromatic hydroxyl groups is 1. The van der Waals surface area contributed by atoms with Crippen molar-refractivity contribution < 1.29 is 5.11 Å². The first-order valence-electron chi connectivity index (χ1n) is 6.12. The predicted molar refractivity (Wildman–Crippen MR) is 73.1 cm³/mol. The molecule has 0 saturated carbocycles. The predicted octanol–water partition coefficient (Wildman–Crippen LogP) is 3.06. The van der Waals surface area contributed by atoms with Gasteiger partial charge in [0.05, 0.1) is 5.52 Å². The van der Waals surface area contributed by atoms with Crippen molar-refractivity contribution in [3.8, 4) is 5.75 Å². The van der Waals surface area contributed by atoms with Gasteiger partial charge in [0.2, 0.25) is 0 Å². The largest absolute Gasteiger partial charge is 0.508 e. The first-order valence-corrected chi connectivity index (χ1v) is 6.12. The van der Waals surface area contributed by atoms with Gasteiger partial charge in [0.1, 0.15) is 11.6 Å². The van der Waals surface area contributed by atoms with Gasteiger partial charge in [-0.2, -0.15) is 0 Å². The first kappa shape index (κ1) is 9.71. The Balaban J connectivity index is 2.35. The summed E-state index contributed by atoms with van der Waals surface area (Å²) in [7, 11) is 0. The average Bonchev–Trinajstić information content (AvgIpc) is 2.46. The summed E-state index contributed by atoms with van der Waals surface area (Å²) in [6.45, 7) is 0.806. The summed E-state index contributed by atoms with van der Waals surface area (Å²) in [5.41, 5.74) is 2.00. The van der Waals surface area contributed by atoms with E-state index in [1.54, 1.807) is 6.07 Å². The van der Waals surface area contributed by atoms with Crippen molar-refractivity contribution in [1.82, 2.24) is 4.98 Å². The van der Waals surface area contributed by atoms with Crippen LogP contribution in [0.25, 0.3) is 21.7 Å². The molecule has 0 fully saturated rings. The van der Waals surface area contributed by atoms with Crippen molar-refractivity contribution in [2.75, 3.05) is 11.9 Å². The van der Waals surface area contributed by atoms with E-state index in [1.807, 2.05) is 24.3 Å². The molecule has 2 N–H and O–H groups in total. The Morgan fingerprint density at radius 1 is 1.06 bits per heavy atom. The second-order valence-electron chi connectivity index (χ2n) is 4.64. The van der Waals surface area contributed by atoms with E-state index in [2.05, 4.69) is 16.4 Å². The van der Waals surface area contributed by atoms with Crippen LogP contribution in [0.2, 0.25) is 0 Å². The number of hydrogen-bond donors (Lipinski definition) is 2. The van der Waals surface area contributed by atoms with E-state index in [0.29, 0.717) is 5.75 Å². The number of anilines is 1. The summed E-state index contributed by atoms with van der Waals surface area (Å²) in [6.07, 6.45) is 0.822. The van der Waals surface area contributed by atoms with Gasteiger partial charge in [-0.25, -0.2) is 4.98 Å². The smallest absolute Gasteiger partial charge is 0.134 e. The zero-order valence-corrected chi connectivity index (χ0v) is 9.77. The minimum atomic E-state index is 0.383. The Kier molecular flexibility index (Phi) is 1.81. The summed E-state index contributed by atoms with van der Waals surface area (Å²) >= 11 is 0. The molecular weight excluding hydrogens is 224 g/mol. The fourth-order valence-corrected chi connectivity index (χ4v) is 2.80. The summed E-state index contributed by atoms with van der Waals surface area (Å²) in [5, 5.41) is 16.8. The molecule has 0 aliphatic carbocycles. The third-order valence-corrected chi connectivity index (χ3v) is 3.62. The second-order valence-corrected chi connectivity index (χ2v) is 4.64. The quantitative estimate of drug-likeness (QED) is 0.590. The summed E-state index contributed by atoms with van der Waals surface area (Å²) < 4.78 is 0. The molecule has 2 heterocycles. The number of phenols is 1. The standard InChI is InChI=1S/C15H12N2O/c18-13-6-5-11-14-9-3-1-2-4-12(9)17-15(11)16-8-7-10(13)14/h1-6,18H,7-8H2,(H,16,17). The lowest BCUT2D eigenvalue weighted by atomic mass is 9.99. The van der Waals surface area contributed by atoms with Crippen LogP contribution in [0.4, 0.5) is 5.82 Å². The number of hydrogen-bond acceptors (Lipinski definition) is 3. The van der Waals surface area contributed by atoms with Gasteiger partial charge in [0.25, 0.3) is 0 Å². The molecule has 1 aliphatic rings. The summed E-state index contributed by atoms with van der Waals surface area (Å²) in [6, 6.07) is 11.8. The fourth-order valence-electron chi connectivity index (χ4n) is 2.80. The van der Waals surface area contributed by atoms with E-state index < -0.39 is 0 Å². The Bertz CT molecular complexity index is 780. The van der Waals surface area contributed by atoms with Crippen LogP contribution in [0.3, 0.4) is 0 Å². The molecule has 88 valence electrons. The monoisotopic (exact) mass is 236 g/mol. The zero-order chi connectivity index (χ0) is 12.1. The van der Waals surface area contributed by atoms with Crippen LogP contribution in [-0.2, 0) is 6.42 Å². The van der Waals surface area contributed by atoms with Crippen LogP contribution < -0.4 is 5.32 Å². The molecule has 2 aromatic carbocycles. The SMILES string of the molecule is Oc1ccc2c3nc4ccccc4c2c1CCN3. The minimum absolute atomic E-state index is 0.383. The molecule has 4 rings (SSSR count). The van der Waals surface area contributed by atoms with E-state index in [4.69, 9.17) is 0 Å². The average molecular weight is 236 g/mol. The number of nitrogens with zero attached hydrogens (tertiary/aromatic N) is 1. The van der Waals surface area contributed by atoms with Crippen molar-refractivity contribution >= 4 is 27.5 Å². The van der Waals surface area contributed by atoms with Crippen molar-refractivity contribution in [3.63, 3.8) is 0 Å². The highest BCUT2D eigenvalue weighted by Crippen LogP contribution is 2.37. The lowest BCUT2D eigenvalue weighted by molar-refractivity contribution is 0.470. The molecule has 0 atom stereocenters. The number of para-hydroxylation sites is 1. The third-order valence-electron chi connectivity index (χ3n) is 3.62. The lowest BCUT2D eigenvalue weighted by Crippen LogP contribution is -2.02. The Hall–Kier alpha value is -2.29. The number of pyridine rings is 1. The lowest BCUT2D eigenvalue weighted by Gasteiger charge is -2.09. The second kappa shape index (κ2) is 3.35. The van der Waals surface area contributed by atoms with E-state index in [9.17, 15) is 5.11 Å². The van der Waals surface area contributed by atoms with Gasteiger partial charge < -0.3 is 10.4 Å². The normalized spacial score (nSPS) is 13.8. The Morgan fingerprint density at radius 2 is 1.94 bits per heavy atom. The molecule has 0 amide bonds. The van der Waals surface area contributed by atoms with Gasteiger partial charge in [-0.3, -0.25) is 0 Å². The van der Waals surface area contributed by atoms with Crippen molar-refractivity contribution in [2.24, 2.45) is 0 Å². The zero-order valence-electron chi connectivity index (χ0n) is 9.77. The van der Waals surface area contributed by atoms with Crippen LogP contribution in [-0.4, -0.2) is 16.6 Å². The molecule has 0 saturated heterocycles. The molecule has 3 aromatic rings.